The van der Waals surface area contributed by atoms with Gasteiger partial charge in [-0.25, -0.2) is 0 Å². The molecule has 3 heterocycles. The van der Waals surface area contributed by atoms with Crippen LogP contribution in [0.5, 0.6) is 0 Å². The summed E-state index contributed by atoms with van der Waals surface area (Å²) < 4.78 is 7.13. The van der Waals surface area contributed by atoms with Crippen LogP contribution < -0.4 is 24.2 Å². The number of fused-ring (bicyclic) bond motifs is 2. The molecule has 4 aromatic rings. The number of hydrogen-bond donors (Lipinski definition) is 0. The maximum Gasteiger partial charge on any atom is 0.271 e. The molecule has 1 aliphatic rings. The van der Waals surface area contributed by atoms with Crippen LogP contribution in [0.2, 0.25) is 0 Å². The highest BCUT2D eigenvalue weighted by atomic mass is 32.2. The van der Waals surface area contributed by atoms with Crippen molar-refractivity contribution in [2.24, 2.45) is 7.05 Å². The van der Waals surface area contributed by atoms with Crippen molar-refractivity contribution in [1.82, 2.24) is 4.57 Å². The maximum absolute atomic E-state index is 13.2. The Morgan fingerprint density at radius 2 is 1.83 bits per heavy atom. The van der Waals surface area contributed by atoms with Crippen molar-refractivity contribution in [3.05, 3.63) is 73.1 Å². The lowest BCUT2D eigenvalue weighted by molar-refractivity contribution is -0.642. The number of aromatic nitrogens is 2. The summed E-state index contributed by atoms with van der Waals surface area (Å²) in [6.07, 6.45) is 2.15. The minimum absolute atomic E-state index is 0.0923. The molecule has 0 amide bonds. The summed E-state index contributed by atoms with van der Waals surface area (Å²) in [6, 6.07) is 16.7. The molecule has 0 saturated heterocycles. The predicted octanol–water partition coefficient (Wildman–Crippen LogP) is 3.11. The molecule has 0 bridgehead atoms. The molecule has 4 nitrogen and oxygen atoms in total. The number of para-hydroxylation sites is 2. The summed E-state index contributed by atoms with van der Waals surface area (Å²) in [5.41, 5.74) is 2.46. The Morgan fingerprint density at radius 3 is 2.59 bits per heavy atom. The monoisotopic (exact) mass is 438 g/mol. The van der Waals surface area contributed by atoms with Crippen molar-refractivity contribution < 1.29 is 4.57 Å². The van der Waals surface area contributed by atoms with Crippen LogP contribution in [0, 0.1) is 0 Å². The molecule has 0 unspecified atom stereocenters. The first-order valence-corrected chi connectivity index (χ1v) is 11.9. The van der Waals surface area contributed by atoms with E-state index in [0.29, 0.717) is 6.54 Å². The van der Waals surface area contributed by atoms with E-state index in [9.17, 15) is 4.79 Å². The molecule has 0 atom stereocenters. The van der Waals surface area contributed by atoms with Crippen LogP contribution in [0.15, 0.2) is 58.2 Å². The van der Waals surface area contributed by atoms with E-state index in [1.165, 1.54) is 15.1 Å². The zero-order valence-electron chi connectivity index (χ0n) is 16.4. The topological polar surface area (TPSA) is 29.1 Å². The molecule has 0 aliphatic carbocycles. The molecular weight excluding hydrogens is 418 g/mol. The molecular formula is C22H20N3OS3+. The van der Waals surface area contributed by atoms with Gasteiger partial charge in [-0.3, -0.25) is 9.36 Å². The van der Waals surface area contributed by atoms with Gasteiger partial charge < -0.3 is 4.90 Å². The zero-order chi connectivity index (χ0) is 20.1. The third-order valence-electron chi connectivity index (χ3n) is 5.18. The van der Waals surface area contributed by atoms with Gasteiger partial charge in [-0.05, 0) is 25.1 Å². The van der Waals surface area contributed by atoms with E-state index >= 15 is 0 Å². The summed E-state index contributed by atoms with van der Waals surface area (Å²) in [5.74, 6) is 0. The highest BCUT2D eigenvalue weighted by Gasteiger charge is 2.24. The second-order valence-electron chi connectivity index (χ2n) is 6.86. The lowest BCUT2D eigenvalue weighted by atomic mass is 10.3. The molecule has 7 heteroatoms. The zero-order valence-corrected chi connectivity index (χ0v) is 18.8. The van der Waals surface area contributed by atoms with Gasteiger partial charge >= 0.3 is 0 Å². The Morgan fingerprint density at radius 1 is 1.07 bits per heavy atom. The normalized spacial score (nSPS) is 16.1. The van der Waals surface area contributed by atoms with Crippen LogP contribution in [-0.2, 0) is 13.6 Å². The minimum Gasteiger partial charge on any atom is -0.337 e. The molecule has 29 heavy (non-hydrogen) atoms. The van der Waals surface area contributed by atoms with Crippen LogP contribution in [0.4, 0.5) is 5.69 Å². The van der Waals surface area contributed by atoms with Crippen LogP contribution in [-0.4, -0.2) is 11.6 Å². The molecule has 1 aliphatic heterocycles. The van der Waals surface area contributed by atoms with E-state index in [1.807, 2.05) is 30.7 Å². The van der Waals surface area contributed by atoms with Crippen LogP contribution in [0.1, 0.15) is 11.9 Å². The van der Waals surface area contributed by atoms with Crippen molar-refractivity contribution in [2.45, 2.75) is 18.4 Å². The lowest BCUT2D eigenvalue weighted by Gasteiger charge is -2.11. The van der Waals surface area contributed by atoms with Crippen LogP contribution >= 0.6 is 34.4 Å². The number of hydrogen-bond acceptors (Lipinski definition) is 5. The lowest BCUT2D eigenvalue weighted by Crippen LogP contribution is -2.34. The third-order valence-corrected chi connectivity index (χ3v) is 8.83. The van der Waals surface area contributed by atoms with Gasteiger partial charge in [0.2, 0.25) is 5.52 Å². The molecule has 2 aromatic heterocycles. The first-order valence-electron chi connectivity index (χ1n) is 9.42. The Hall–Kier alpha value is -2.35. The number of thioether (sulfide) groups is 1. The van der Waals surface area contributed by atoms with Crippen molar-refractivity contribution in [1.29, 1.82) is 0 Å². The van der Waals surface area contributed by atoms with Crippen LogP contribution in [0.3, 0.4) is 0 Å². The highest BCUT2D eigenvalue weighted by molar-refractivity contribution is 8.08. The Labute approximate surface area is 180 Å². The second-order valence-corrected chi connectivity index (χ2v) is 9.99. The quantitative estimate of drug-likeness (QED) is 0.451. The fraction of sp³-hybridized carbons (Fsp3) is 0.182. The molecule has 0 radical (unpaired) electrons. The predicted molar refractivity (Wildman–Crippen MR) is 124 cm³/mol. The van der Waals surface area contributed by atoms with Crippen molar-refractivity contribution in [3.63, 3.8) is 0 Å². The molecule has 2 aromatic carbocycles. The summed E-state index contributed by atoms with van der Waals surface area (Å²) in [6.45, 7) is 2.69. The fourth-order valence-electron chi connectivity index (χ4n) is 3.62. The van der Waals surface area contributed by atoms with E-state index < -0.39 is 0 Å². The maximum atomic E-state index is 13.2. The molecule has 0 N–H and O–H groups in total. The molecule has 0 saturated carbocycles. The SMILES string of the molecule is CCn1c(=O)/c(=C2/Sc3ccccc3N2C)s/c1=C/c1sc2ccccc2[n+]1C. The van der Waals surface area contributed by atoms with E-state index in [-0.39, 0.29) is 5.56 Å². The molecule has 0 spiro atoms. The average Bonchev–Trinajstić information content (AvgIpc) is 3.34. The van der Waals surface area contributed by atoms with Crippen molar-refractivity contribution >= 4 is 61.4 Å². The Kier molecular flexibility index (Phi) is 4.61. The van der Waals surface area contributed by atoms with Gasteiger partial charge in [0.25, 0.3) is 10.6 Å². The van der Waals surface area contributed by atoms with Gasteiger partial charge in [0, 0.05) is 24.6 Å². The van der Waals surface area contributed by atoms with Gasteiger partial charge in [-0.15, -0.1) is 11.3 Å². The standard InChI is InChI=1S/C22H20N3OS3/c1-4-25-19(13-18-23(2)14-9-5-7-11-16(14)27-18)29-20(21(25)26)22-24(3)15-10-6-8-12-17(15)28-22/h5-13H,4H2,1-3H3/q+1/b22-20-. The van der Waals surface area contributed by atoms with E-state index in [4.69, 9.17) is 0 Å². The number of nitrogens with zero attached hydrogens (tertiary/aromatic N) is 3. The van der Waals surface area contributed by atoms with E-state index in [2.05, 4.69) is 59.0 Å². The van der Waals surface area contributed by atoms with Gasteiger partial charge in [0.15, 0.2) is 0 Å². The molecule has 146 valence electrons. The summed E-state index contributed by atoms with van der Waals surface area (Å²) >= 11 is 5.02. The largest absolute Gasteiger partial charge is 0.337 e. The first-order chi connectivity index (χ1) is 14.1. The molecule has 0 fully saturated rings. The van der Waals surface area contributed by atoms with Gasteiger partial charge in [0.05, 0.1) is 11.8 Å². The number of aryl methyl sites for hydroxylation is 1. The second kappa shape index (κ2) is 7.16. The number of thiazole rings is 2. The highest BCUT2D eigenvalue weighted by Crippen LogP contribution is 2.44. The smallest absolute Gasteiger partial charge is 0.271 e. The van der Waals surface area contributed by atoms with E-state index in [0.717, 1.165) is 24.9 Å². The molecule has 5 rings (SSSR count). The van der Waals surface area contributed by atoms with Gasteiger partial charge in [-0.1, -0.05) is 47.4 Å². The first kappa shape index (κ1) is 18.7. The summed E-state index contributed by atoms with van der Waals surface area (Å²) in [5, 5.41) is 2.16. The van der Waals surface area contributed by atoms with Crippen LogP contribution in [0.25, 0.3) is 21.3 Å². The van der Waals surface area contributed by atoms with E-state index in [1.54, 1.807) is 34.4 Å². The average molecular weight is 439 g/mol. The number of benzene rings is 2. The van der Waals surface area contributed by atoms with Crippen molar-refractivity contribution in [2.75, 3.05) is 11.9 Å². The van der Waals surface area contributed by atoms with Gasteiger partial charge in [0.1, 0.15) is 26.0 Å². The minimum atomic E-state index is 0.0923. The Bertz CT molecular complexity index is 1430. The Balaban J connectivity index is 1.74. The fourth-order valence-corrected chi connectivity index (χ4v) is 7.24. The summed E-state index contributed by atoms with van der Waals surface area (Å²) in [4.78, 5) is 16.6. The summed E-state index contributed by atoms with van der Waals surface area (Å²) in [7, 11) is 4.12. The van der Waals surface area contributed by atoms with Gasteiger partial charge in [-0.2, -0.15) is 4.57 Å². The van der Waals surface area contributed by atoms with Crippen molar-refractivity contribution in [3.8, 4) is 0 Å². The number of rotatable bonds is 2. The third kappa shape index (κ3) is 2.96. The number of anilines is 1.